The number of amides is 3. The number of carbonyl (C=O) groups excluding carboxylic acids is 2. The van der Waals surface area contributed by atoms with Crippen LogP contribution >= 0.6 is 0 Å². The zero-order valence-electron chi connectivity index (χ0n) is 12.8. The highest BCUT2D eigenvalue weighted by Crippen LogP contribution is 2.27. The summed E-state index contributed by atoms with van der Waals surface area (Å²) in [5, 5.41) is 2.57. The number of imide groups is 1. The zero-order chi connectivity index (χ0) is 15.4. The summed E-state index contributed by atoms with van der Waals surface area (Å²) in [5.74, 6) is 0.518. The first-order valence-corrected chi connectivity index (χ1v) is 8.09. The van der Waals surface area contributed by atoms with Crippen molar-refractivity contribution >= 4 is 11.9 Å². The fraction of sp³-hybridized carbons (Fsp3) is 0.529. The van der Waals surface area contributed by atoms with Crippen molar-refractivity contribution in [2.24, 2.45) is 0 Å². The second-order valence-corrected chi connectivity index (χ2v) is 6.08. The first kappa shape index (κ1) is 15.0. The van der Waals surface area contributed by atoms with Crippen LogP contribution in [0.15, 0.2) is 30.3 Å². The number of nitrogens with zero attached hydrogens (tertiary/aromatic N) is 2. The number of benzene rings is 1. The quantitative estimate of drug-likeness (QED) is 0.863. The number of hydrogen-bond donors (Lipinski definition) is 1. The Labute approximate surface area is 131 Å². The van der Waals surface area contributed by atoms with Gasteiger partial charge in [0.1, 0.15) is 0 Å². The summed E-state index contributed by atoms with van der Waals surface area (Å²) in [7, 11) is 0. The van der Waals surface area contributed by atoms with Gasteiger partial charge < -0.3 is 10.2 Å². The second-order valence-electron chi connectivity index (χ2n) is 6.08. The smallest absolute Gasteiger partial charge is 0.324 e. The lowest BCUT2D eigenvalue weighted by Crippen LogP contribution is -2.39. The molecular formula is C17H23N3O2. The topological polar surface area (TPSA) is 52.7 Å². The molecule has 1 atom stereocenters. The first-order chi connectivity index (χ1) is 10.7. The summed E-state index contributed by atoms with van der Waals surface area (Å²) in [6.45, 7) is 3.51. The Hall–Kier alpha value is -1.88. The molecule has 22 heavy (non-hydrogen) atoms. The van der Waals surface area contributed by atoms with E-state index in [0.717, 1.165) is 26.1 Å². The summed E-state index contributed by atoms with van der Waals surface area (Å²) in [6, 6.07) is 10.5. The van der Waals surface area contributed by atoms with Gasteiger partial charge in [0.05, 0.1) is 6.54 Å². The van der Waals surface area contributed by atoms with E-state index in [2.05, 4.69) is 40.5 Å². The molecule has 2 heterocycles. The molecule has 5 heteroatoms. The predicted molar refractivity (Wildman–Crippen MR) is 84.6 cm³/mol. The molecule has 1 N–H and O–H groups in total. The summed E-state index contributed by atoms with van der Waals surface area (Å²) >= 11 is 0. The highest BCUT2D eigenvalue weighted by atomic mass is 16.2. The third kappa shape index (κ3) is 3.47. The van der Waals surface area contributed by atoms with Crippen molar-refractivity contribution < 1.29 is 9.59 Å². The zero-order valence-corrected chi connectivity index (χ0v) is 12.8. The maximum Gasteiger partial charge on any atom is 0.324 e. The summed E-state index contributed by atoms with van der Waals surface area (Å²) in [4.78, 5) is 26.8. The molecule has 0 radical (unpaired) electrons. The lowest BCUT2D eigenvalue weighted by atomic mass is 9.92. The Kier molecular flexibility index (Phi) is 4.73. The van der Waals surface area contributed by atoms with Gasteiger partial charge >= 0.3 is 6.03 Å². The van der Waals surface area contributed by atoms with Gasteiger partial charge in [-0.2, -0.15) is 0 Å². The molecule has 1 unspecified atom stereocenters. The monoisotopic (exact) mass is 301 g/mol. The van der Waals surface area contributed by atoms with Gasteiger partial charge in [0, 0.05) is 13.1 Å². The maximum absolute atomic E-state index is 11.6. The number of urea groups is 1. The van der Waals surface area contributed by atoms with Crippen LogP contribution < -0.4 is 5.32 Å². The van der Waals surface area contributed by atoms with Crippen LogP contribution in [0.3, 0.4) is 0 Å². The summed E-state index contributed by atoms with van der Waals surface area (Å²) in [6.07, 6.45) is 3.52. The normalized spacial score (nSPS) is 23.5. The molecule has 1 aromatic carbocycles. The molecule has 2 fully saturated rings. The molecule has 0 saturated carbocycles. The second kappa shape index (κ2) is 6.92. The van der Waals surface area contributed by atoms with Crippen LogP contribution in [0.2, 0.25) is 0 Å². The van der Waals surface area contributed by atoms with Crippen molar-refractivity contribution in [2.75, 3.05) is 32.7 Å². The van der Waals surface area contributed by atoms with E-state index in [0.29, 0.717) is 12.5 Å². The van der Waals surface area contributed by atoms with Crippen molar-refractivity contribution in [3.8, 4) is 0 Å². The molecule has 3 amide bonds. The van der Waals surface area contributed by atoms with E-state index in [1.807, 2.05) is 0 Å². The van der Waals surface area contributed by atoms with Crippen molar-refractivity contribution in [3.63, 3.8) is 0 Å². The van der Waals surface area contributed by atoms with Crippen molar-refractivity contribution in [3.05, 3.63) is 35.9 Å². The predicted octanol–water partition coefficient (Wildman–Crippen LogP) is 1.81. The molecule has 118 valence electrons. The number of carbonyl (C=O) groups is 2. The molecule has 0 aliphatic carbocycles. The van der Waals surface area contributed by atoms with Crippen LogP contribution in [0.1, 0.15) is 30.7 Å². The highest BCUT2D eigenvalue weighted by Gasteiger charge is 2.28. The van der Waals surface area contributed by atoms with E-state index in [1.165, 1.54) is 23.3 Å². The van der Waals surface area contributed by atoms with Crippen LogP contribution in [-0.4, -0.2) is 54.5 Å². The standard InChI is InChI=1S/C17H23N3O2/c21-16-13-18-17(22)20(16)12-11-19-9-4-7-15(8-10-19)14-5-2-1-3-6-14/h1-3,5-6,15H,4,7-13H2,(H,18,22). The first-order valence-electron chi connectivity index (χ1n) is 8.09. The fourth-order valence-corrected chi connectivity index (χ4v) is 3.36. The number of likely N-dealkylation sites (tertiary alicyclic amines) is 1. The SMILES string of the molecule is O=C1CNC(=O)N1CCN1CCCC(c2ccccc2)CC1. The lowest BCUT2D eigenvalue weighted by molar-refractivity contribution is -0.125. The van der Waals surface area contributed by atoms with Crippen LogP contribution in [0, 0.1) is 0 Å². The fourth-order valence-electron chi connectivity index (χ4n) is 3.36. The van der Waals surface area contributed by atoms with Crippen molar-refractivity contribution in [1.82, 2.24) is 15.1 Å². The average Bonchev–Trinajstić information content (AvgIpc) is 2.75. The lowest BCUT2D eigenvalue weighted by Gasteiger charge is -2.22. The summed E-state index contributed by atoms with van der Waals surface area (Å²) in [5.41, 5.74) is 1.43. The third-order valence-electron chi connectivity index (χ3n) is 4.67. The van der Waals surface area contributed by atoms with E-state index < -0.39 is 0 Å². The van der Waals surface area contributed by atoms with E-state index in [9.17, 15) is 9.59 Å². The molecule has 3 rings (SSSR count). The van der Waals surface area contributed by atoms with Gasteiger partial charge in [-0.15, -0.1) is 0 Å². The van der Waals surface area contributed by atoms with E-state index >= 15 is 0 Å². The molecule has 2 aliphatic rings. The maximum atomic E-state index is 11.6. The Morgan fingerprint density at radius 3 is 2.59 bits per heavy atom. The Morgan fingerprint density at radius 2 is 1.86 bits per heavy atom. The van der Waals surface area contributed by atoms with Gasteiger partial charge in [-0.1, -0.05) is 30.3 Å². The molecule has 1 aromatic rings. The van der Waals surface area contributed by atoms with Gasteiger partial charge in [0.25, 0.3) is 0 Å². The van der Waals surface area contributed by atoms with Crippen LogP contribution in [-0.2, 0) is 4.79 Å². The molecule has 2 saturated heterocycles. The molecule has 0 aromatic heterocycles. The molecule has 5 nitrogen and oxygen atoms in total. The minimum atomic E-state index is -0.248. The van der Waals surface area contributed by atoms with Crippen molar-refractivity contribution in [1.29, 1.82) is 0 Å². The molecule has 2 aliphatic heterocycles. The number of hydrogen-bond acceptors (Lipinski definition) is 3. The van der Waals surface area contributed by atoms with E-state index in [-0.39, 0.29) is 18.5 Å². The van der Waals surface area contributed by atoms with Crippen LogP contribution in [0.5, 0.6) is 0 Å². The van der Waals surface area contributed by atoms with Gasteiger partial charge in [-0.05, 0) is 43.8 Å². The minimum Gasteiger partial charge on any atom is -0.329 e. The Morgan fingerprint density at radius 1 is 1.05 bits per heavy atom. The largest absolute Gasteiger partial charge is 0.329 e. The molecule has 0 spiro atoms. The Balaban J connectivity index is 1.50. The Bertz CT molecular complexity index is 516. The number of nitrogens with one attached hydrogen (secondary N) is 1. The minimum absolute atomic E-state index is 0.109. The van der Waals surface area contributed by atoms with Crippen LogP contribution in [0.4, 0.5) is 4.79 Å². The highest BCUT2D eigenvalue weighted by molar-refractivity contribution is 6.01. The van der Waals surface area contributed by atoms with E-state index in [1.54, 1.807) is 0 Å². The van der Waals surface area contributed by atoms with Gasteiger partial charge in [-0.25, -0.2) is 4.79 Å². The average molecular weight is 301 g/mol. The van der Waals surface area contributed by atoms with Gasteiger partial charge in [0.2, 0.25) is 5.91 Å². The van der Waals surface area contributed by atoms with Gasteiger partial charge in [-0.3, -0.25) is 9.69 Å². The summed E-state index contributed by atoms with van der Waals surface area (Å²) < 4.78 is 0. The van der Waals surface area contributed by atoms with Crippen LogP contribution in [0.25, 0.3) is 0 Å². The molecule has 0 bridgehead atoms. The van der Waals surface area contributed by atoms with Crippen molar-refractivity contribution in [2.45, 2.75) is 25.2 Å². The molecular weight excluding hydrogens is 278 g/mol. The van der Waals surface area contributed by atoms with Gasteiger partial charge in [0.15, 0.2) is 0 Å². The van der Waals surface area contributed by atoms with E-state index in [4.69, 9.17) is 0 Å². The number of rotatable bonds is 4. The third-order valence-corrected chi connectivity index (χ3v) is 4.67.